The molecule has 1 aromatic heterocycles. The predicted octanol–water partition coefficient (Wildman–Crippen LogP) is 1.77. The van der Waals surface area contributed by atoms with E-state index in [-0.39, 0.29) is 17.3 Å². The van der Waals surface area contributed by atoms with Gasteiger partial charge in [0, 0.05) is 13.0 Å². The molecule has 0 saturated carbocycles. The zero-order chi connectivity index (χ0) is 11.5. The first-order chi connectivity index (χ1) is 7.69. The Hall–Kier alpha value is -0.820. The third kappa shape index (κ3) is 2.65. The van der Waals surface area contributed by atoms with Crippen molar-refractivity contribution in [2.24, 2.45) is 0 Å². The van der Waals surface area contributed by atoms with Crippen LogP contribution < -0.4 is 5.32 Å². The Morgan fingerprint density at radius 2 is 2.44 bits per heavy atom. The minimum absolute atomic E-state index is 0.0196. The van der Waals surface area contributed by atoms with Crippen molar-refractivity contribution in [3.8, 4) is 0 Å². The van der Waals surface area contributed by atoms with E-state index >= 15 is 0 Å². The van der Waals surface area contributed by atoms with Crippen LogP contribution in [0.15, 0.2) is 4.34 Å². The SMILES string of the molecule is CCNc1nnc(S[C@@H]2C[C@@H](C)OC2=O)s1. The zero-order valence-corrected chi connectivity index (χ0v) is 10.7. The van der Waals surface area contributed by atoms with Gasteiger partial charge in [-0.25, -0.2) is 0 Å². The number of carbonyl (C=O) groups excluding carboxylic acids is 1. The van der Waals surface area contributed by atoms with Crippen molar-refractivity contribution >= 4 is 34.2 Å². The molecule has 1 aromatic rings. The summed E-state index contributed by atoms with van der Waals surface area (Å²) in [6.45, 7) is 4.73. The Kier molecular flexibility index (Phi) is 3.65. The van der Waals surface area contributed by atoms with Gasteiger partial charge in [-0.15, -0.1) is 10.2 Å². The van der Waals surface area contributed by atoms with Gasteiger partial charge in [0.15, 0.2) is 4.34 Å². The molecule has 0 bridgehead atoms. The van der Waals surface area contributed by atoms with Gasteiger partial charge >= 0.3 is 5.97 Å². The van der Waals surface area contributed by atoms with Crippen LogP contribution in [0, 0.1) is 0 Å². The Morgan fingerprint density at radius 3 is 3.06 bits per heavy atom. The first-order valence-electron chi connectivity index (χ1n) is 5.13. The number of cyclic esters (lactones) is 1. The lowest BCUT2D eigenvalue weighted by molar-refractivity contribution is -0.140. The molecule has 1 aliphatic rings. The molecule has 1 aliphatic heterocycles. The van der Waals surface area contributed by atoms with Gasteiger partial charge in [0.1, 0.15) is 11.4 Å². The molecule has 1 fully saturated rings. The number of rotatable bonds is 4. The minimum atomic E-state index is -0.141. The van der Waals surface area contributed by atoms with Crippen molar-refractivity contribution in [2.45, 2.75) is 36.0 Å². The zero-order valence-electron chi connectivity index (χ0n) is 9.10. The second-order valence-corrected chi connectivity index (χ2v) is 5.92. The summed E-state index contributed by atoms with van der Waals surface area (Å²) < 4.78 is 5.89. The Balaban J connectivity index is 1.95. The van der Waals surface area contributed by atoms with Crippen molar-refractivity contribution in [1.29, 1.82) is 0 Å². The topological polar surface area (TPSA) is 64.1 Å². The van der Waals surface area contributed by atoms with E-state index in [2.05, 4.69) is 15.5 Å². The highest BCUT2D eigenvalue weighted by Crippen LogP contribution is 2.34. The van der Waals surface area contributed by atoms with Crippen LogP contribution in [0.4, 0.5) is 5.13 Å². The van der Waals surface area contributed by atoms with Crippen molar-refractivity contribution in [3.63, 3.8) is 0 Å². The van der Waals surface area contributed by atoms with Crippen molar-refractivity contribution in [1.82, 2.24) is 10.2 Å². The van der Waals surface area contributed by atoms with Crippen LogP contribution in [0.5, 0.6) is 0 Å². The van der Waals surface area contributed by atoms with E-state index in [0.717, 1.165) is 22.4 Å². The molecule has 2 rings (SSSR count). The Morgan fingerprint density at radius 1 is 1.62 bits per heavy atom. The average molecular weight is 259 g/mol. The number of nitrogens with one attached hydrogen (secondary N) is 1. The van der Waals surface area contributed by atoms with Crippen LogP contribution in [0.25, 0.3) is 0 Å². The number of aromatic nitrogens is 2. The fourth-order valence-corrected chi connectivity index (χ4v) is 3.59. The first-order valence-corrected chi connectivity index (χ1v) is 6.83. The van der Waals surface area contributed by atoms with E-state index in [1.807, 2.05) is 13.8 Å². The Labute approximate surface area is 102 Å². The van der Waals surface area contributed by atoms with Crippen LogP contribution in [-0.4, -0.2) is 34.1 Å². The molecule has 0 unspecified atom stereocenters. The molecule has 0 radical (unpaired) electrons. The molecular formula is C9H13N3O2S2. The molecule has 88 valence electrons. The number of hydrogen-bond donors (Lipinski definition) is 1. The summed E-state index contributed by atoms with van der Waals surface area (Å²) in [5.41, 5.74) is 0. The van der Waals surface area contributed by atoms with Gasteiger partial charge in [-0.1, -0.05) is 23.1 Å². The lowest BCUT2D eigenvalue weighted by Gasteiger charge is -1.99. The molecule has 1 saturated heterocycles. The average Bonchev–Trinajstić information content (AvgIpc) is 2.76. The number of nitrogens with zero attached hydrogens (tertiary/aromatic N) is 2. The minimum Gasteiger partial charge on any atom is -0.462 e. The number of thioether (sulfide) groups is 1. The molecule has 5 nitrogen and oxygen atoms in total. The van der Waals surface area contributed by atoms with Crippen LogP contribution in [-0.2, 0) is 9.53 Å². The molecule has 0 spiro atoms. The third-order valence-electron chi connectivity index (χ3n) is 2.10. The van der Waals surface area contributed by atoms with Gasteiger partial charge in [0.25, 0.3) is 0 Å². The predicted molar refractivity (Wildman–Crippen MR) is 63.9 cm³/mol. The molecular weight excluding hydrogens is 246 g/mol. The number of hydrogen-bond acceptors (Lipinski definition) is 7. The van der Waals surface area contributed by atoms with E-state index in [1.54, 1.807) is 0 Å². The van der Waals surface area contributed by atoms with Gasteiger partial charge < -0.3 is 10.1 Å². The molecule has 1 N–H and O–H groups in total. The highest BCUT2D eigenvalue weighted by atomic mass is 32.2. The third-order valence-corrected chi connectivity index (χ3v) is 4.27. The lowest BCUT2D eigenvalue weighted by Crippen LogP contribution is -2.08. The largest absolute Gasteiger partial charge is 0.462 e. The smallest absolute Gasteiger partial charge is 0.319 e. The van der Waals surface area contributed by atoms with Crippen LogP contribution in [0.1, 0.15) is 20.3 Å². The lowest BCUT2D eigenvalue weighted by atomic mass is 10.3. The summed E-state index contributed by atoms with van der Waals surface area (Å²) in [7, 11) is 0. The summed E-state index contributed by atoms with van der Waals surface area (Å²) >= 11 is 2.91. The first kappa shape index (κ1) is 11.7. The van der Waals surface area contributed by atoms with Crippen LogP contribution in [0.3, 0.4) is 0 Å². The molecule has 0 aliphatic carbocycles. The maximum Gasteiger partial charge on any atom is 0.319 e. The highest BCUT2D eigenvalue weighted by molar-refractivity contribution is 8.02. The van der Waals surface area contributed by atoms with E-state index < -0.39 is 0 Å². The quantitative estimate of drug-likeness (QED) is 0.831. The second-order valence-electron chi connectivity index (χ2n) is 3.49. The molecule has 2 heterocycles. The Bertz CT molecular complexity index is 383. The number of carbonyl (C=O) groups is 1. The van der Waals surface area contributed by atoms with E-state index in [1.165, 1.54) is 23.1 Å². The van der Waals surface area contributed by atoms with Crippen LogP contribution >= 0.6 is 23.1 Å². The standard InChI is InChI=1S/C9H13N3O2S2/c1-3-10-8-11-12-9(16-8)15-6-4-5(2)14-7(6)13/h5-6H,3-4H2,1-2H3,(H,10,11)/t5-,6-/m1/s1. The molecule has 2 atom stereocenters. The molecule has 0 aromatic carbocycles. The molecule has 7 heteroatoms. The van der Waals surface area contributed by atoms with Gasteiger partial charge in [0.2, 0.25) is 5.13 Å². The number of ether oxygens (including phenoxy) is 1. The van der Waals surface area contributed by atoms with E-state index in [9.17, 15) is 4.79 Å². The fourth-order valence-electron chi connectivity index (χ4n) is 1.42. The maximum absolute atomic E-state index is 11.4. The highest BCUT2D eigenvalue weighted by Gasteiger charge is 2.33. The summed E-state index contributed by atoms with van der Waals surface area (Å²) in [4.78, 5) is 11.4. The summed E-state index contributed by atoms with van der Waals surface area (Å²) in [6, 6.07) is 0. The summed E-state index contributed by atoms with van der Waals surface area (Å²) in [5, 5.41) is 11.8. The van der Waals surface area contributed by atoms with E-state index in [0.29, 0.717) is 0 Å². The van der Waals surface area contributed by atoms with Crippen molar-refractivity contribution < 1.29 is 9.53 Å². The van der Waals surface area contributed by atoms with Crippen LogP contribution in [0.2, 0.25) is 0 Å². The van der Waals surface area contributed by atoms with Gasteiger partial charge in [0.05, 0.1) is 0 Å². The van der Waals surface area contributed by atoms with E-state index in [4.69, 9.17) is 4.74 Å². The van der Waals surface area contributed by atoms with Crippen molar-refractivity contribution in [2.75, 3.05) is 11.9 Å². The number of esters is 1. The normalized spacial score (nSPS) is 24.5. The number of anilines is 1. The molecule has 16 heavy (non-hydrogen) atoms. The summed E-state index contributed by atoms with van der Waals surface area (Å²) in [6.07, 6.45) is 0.769. The van der Waals surface area contributed by atoms with Gasteiger partial charge in [-0.2, -0.15) is 0 Å². The fraction of sp³-hybridized carbons (Fsp3) is 0.667. The van der Waals surface area contributed by atoms with Crippen molar-refractivity contribution in [3.05, 3.63) is 0 Å². The second kappa shape index (κ2) is 5.01. The maximum atomic E-state index is 11.4. The summed E-state index contributed by atoms with van der Waals surface area (Å²) in [5.74, 6) is -0.141. The monoisotopic (exact) mass is 259 g/mol. The van der Waals surface area contributed by atoms with Gasteiger partial charge in [-0.05, 0) is 13.8 Å². The van der Waals surface area contributed by atoms with Gasteiger partial charge in [-0.3, -0.25) is 4.79 Å². The molecule has 0 amide bonds.